The van der Waals surface area contributed by atoms with Crippen LogP contribution in [0.3, 0.4) is 0 Å². The second-order valence-electron chi connectivity index (χ2n) is 8.05. The molecule has 9 nitrogen and oxygen atoms in total. The summed E-state index contributed by atoms with van der Waals surface area (Å²) >= 11 is 0. The molecule has 0 aliphatic carbocycles. The molecule has 0 saturated carbocycles. The number of aromatic nitrogens is 5. The van der Waals surface area contributed by atoms with Gasteiger partial charge in [-0.3, -0.25) is 0 Å². The van der Waals surface area contributed by atoms with Crippen LogP contribution in [-0.2, 0) is 6.42 Å². The summed E-state index contributed by atoms with van der Waals surface area (Å²) in [5.74, 6) is 1.40. The highest BCUT2D eigenvalue weighted by atomic mass is 16.5. The highest BCUT2D eigenvalue weighted by Crippen LogP contribution is 2.22. The van der Waals surface area contributed by atoms with Crippen molar-refractivity contribution in [2.45, 2.75) is 40.0 Å². The smallest absolute Gasteiger partial charge is 0.336 e. The molecule has 0 unspecified atom stereocenters. The average molecular weight is 425 g/mol. The number of fused-ring (bicyclic) bond motifs is 1. The van der Waals surface area contributed by atoms with Gasteiger partial charge in [-0.1, -0.05) is 26.3 Å². The van der Waals surface area contributed by atoms with Crippen molar-refractivity contribution in [3.63, 3.8) is 0 Å². The molecule has 4 heterocycles. The maximum atomic E-state index is 6.08. The molecule has 1 fully saturated rings. The number of unbranched alkanes of at least 4 members (excludes halogenated alkanes) is 1. The first-order valence-corrected chi connectivity index (χ1v) is 11.1. The van der Waals surface area contributed by atoms with Gasteiger partial charge in [0.25, 0.3) is 0 Å². The van der Waals surface area contributed by atoms with Gasteiger partial charge in [0.05, 0.1) is 18.5 Å². The van der Waals surface area contributed by atoms with Gasteiger partial charge in [-0.2, -0.15) is 4.98 Å². The number of piperazine rings is 1. The van der Waals surface area contributed by atoms with Crippen LogP contribution in [-0.4, -0.2) is 68.8 Å². The number of likely N-dealkylation sites (N-methyl/N-ethyl adjacent to an activating group) is 1. The molecule has 3 aromatic heterocycles. The Morgan fingerprint density at radius 1 is 1.10 bits per heavy atom. The maximum Gasteiger partial charge on any atom is 0.336 e. The highest BCUT2D eigenvalue weighted by molar-refractivity contribution is 5.60. The van der Waals surface area contributed by atoms with Crippen molar-refractivity contribution in [3.05, 3.63) is 35.3 Å². The van der Waals surface area contributed by atoms with Crippen molar-refractivity contribution >= 4 is 17.3 Å². The van der Waals surface area contributed by atoms with Crippen molar-refractivity contribution < 1.29 is 4.74 Å². The molecule has 0 amide bonds. The lowest BCUT2D eigenvalue weighted by atomic mass is 10.1. The van der Waals surface area contributed by atoms with E-state index >= 15 is 0 Å². The van der Waals surface area contributed by atoms with E-state index in [4.69, 9.17) is 15.5 Å². The Morgan fingerprint density at radius 2 is 1.90 bits per heavy atom. The standard InChI is InChI=1S/C22H32N8O/c1-4-6-11-31-22-26-19(23)21-25-15-18(30(21)27-22)13-17-12-16(3)20(24-14-17)29-9-7-28(5-2)8-10-29/h12,14-15H,4-11,13H2,1-3H3,(H2,23,26,27). The monoisotopic (exact) mass is 424 g/mol. The first-order valence-electron chi connectivity index (χ1n) is 11.1. The number of anilines is 2. The summed E-state index contributed by atoms with van der Waals surface area (Å²) in [5.41, 5.74) is 9.85. The lowest BCUT2D eigenvalue weighted by molar-refractivity contribution is 0.270. The van der Waals surface area contributed by atoms with Crippen LogP contribution < -0.4 is 15.4 Å². The number of nitrogens with two attached hydrogens (primary N) is 1. The molecule has 0 radical (unpaired) electrons. The Balaban J connectivity index is 1.51. The minimum Gasteiger partial charge on any atom is -0.462 e. The normalized spacial score (nSPS) is 15.0. The Morgan fingerprint density at radius 3 is 2.61 bits per heavy atom. The largest absolute Gasteiger partial charge is 0.462 e. The molecule has 3 aromatic rings. The zero-order chi connectivity index (χ0) is 21.8. The van der Waals surface area contributed by atoms with Gasteiger partial charge >= 0.3 is 6.01 Å². The number of hydrogen-bond donors (Lipinski definition) is 1. The van der Waals surface area contributed by atoms with Crippen LogP contribution in [0.4, 0.5) is 11.6 Å². The number of ether oxygens (including phenoxy) is 1. The fourth-order valence-electron chi connectivity index (χ4n) is 3.96. The van der Waals surface area contributed by atoms with Gasteiger partial charge in [0.15, 0.2) is 11.5 Å². The van der Waals surface area contributed by atoms with Gasteiger partial charge in [-0.15, -0.1) is 5.10 Å². The van der Waals surface area contributed by atoms with E-state index in [-0.39, 0.29) is 6.01 Å². The summed E-state index contributed by atoms with van der Waals surface area (Å²) in [7, 11) is 0. The third kappa shape index (κ3) is 4.71. The zero-order valence-corrected chi connectivity index (χ0v) is 18.7. The van der Waals surface area contributed by atoms with E-state index in [1.165, 1.54) is 5.56 Å². The summed E-state index contributed by atoms with van der Waals surface area (Å²) in [6.45, 7) is 12.4. The molecule has 2 N–H and O–H groups in total. The summed E-state index contributed by atoms with van der Waals surface area (Å²) < 4.78 is 7.39. The Bertz CT molecular complexity index is 1030. The molecule has 9 heteroatoms. The number of hydrogen-bond acceptors (Lipinski definition) is 8. The van der Waals surface area contributed by atoms with Crippen molar-refractivity contribution in [2.24, 2.45) is 0 Å². The quantitative estimate of drug-likeness (QED) is 0.550. The predicted molar refractivity (Wildman–Crippen MR) is 122 cm³/mol. The lowest BCUT2D eigenvalue weighted by Crippen LogP contribution is -2.46. The number of rotatable bonds is 8. The minimum atomic E-state index is 0.286. The Kier molecular flexibility index (Phi) is 6.50. The van der Waals surface area contributed by atoms with Gasteiger partial charge in [0.1, 0.15) is 5.82 Å². The zero-order valence-electron chi connectivity index (χ0n) is 18.7. The predicted octanol–water partition coefficient (Wildman–Crippen LogP) is 2.32. The van der Waals surface area contributed by atoms with Gasteiger partial charge in [-0.25, -0.2) is 14.5 Å². The first-order chi connectivity index (χ1) is 15.1. The molecule has 4 rings (SSSR count). The lowest BCUT2D eigenvalue weighted by Gasteiger charge is -2.35. The van der Waals surface area contributed by atoms with E-state index in [1.54, 1.807) is 10.7 Å². The fraction of sp³-hybridized carbons (Fsp3) is 0.545. The average Bonchev–Trinajstić information content (AvgIpc) is 3.17. The number of aryl methyl sites for hydroxylation is 1. The van der Waals surface area contributed by atoms with Crippen molar-refractivity contribution in [3.8, 4) is 6.01 Å². The molecule has 166 valence electrons. The van der Waals surface area contributed by atoms with Crippen molar-refractivity contribution in [1.29, 1.82) is 0 Å². The van der Waals surface area contributed by atoms with E-state index in [0.717, 1.165) is 62.6 Å². The molecular weight excluding hydrogens is 392 g/mol. The van der Waals surface area contributed by atoms with E-state index in [1.807, 2.05) is 6.20 Å². The first kappa shape index (κ1) is 21.3. The van der Waals surface area contributed by atoms with Gasteiger partial charge in [0.2, 0.25) is 0 Å². The molecule has 1 aliphatic heterocycles. The number of nitrogen functional groups attached to an aromatic ring is 1. The Hall–Kier alpha value is -2.94. The Labute approximate surface area is 183 Å². The van der Waals surface area contributed by atoms with E-state index in [2.05, 4.69) is 51.7 Å². The van der Waals surface area contributed by atoms with Crippen LogP contribution in [0.25, 0.3) is 5.65 Å². The number of nitrogens with zero attached hydrogens (tertiary/aromatic N) is 7. The van der Waals surface area contributed by atoms with Crippen molar-refractivity contribution in [2.75, 3.05) is 50.0 Å². The fourth-order valence-corrected chi connectivity index (χ4v) is 3.96. The highest BCUT2D eigenvalue weighted by Gasteiger charge is 2.19. The van der Waals surface area contributed by atoms with Gasteiger partial charge < -0.3 is 20.3 Å². The van der Waals surface area contributed by atoms with Gasteiger partial charge in [0, 0.05) is 38.8 Å². The van der Waals surface area contributed by atoms with Crippen LogP contribution in [0, 0.1) is 6.92 Å². The van der Waals surface area contributed by atoms with Crippen LogP contribution >= 0.6 is 0 Å². The summed E-state index contributed by atoms with van der Waals surface area (Å²) in [6, 6.07) is 2.49. The third-order valence-corrected chi connectivity index (χ3v) is 5.78. The minimum absolute atomic E-state index is 0.286. The topological polar surface area (TPSA) is 97.7 Å². The molecule has 1 aliphatic rings. The van der Waals surface area contributed by atoms with Crippen LogP contribution in [0.5, 0.6) is 6.01 Å². The van der Waals surface area contributed by atoms with E-state index in [9.17, 15) is 0 Å². The van der Waals surface area contributed by atoms with E-state index < -0.39 is 0 Å². The molecule has 0 bridgehead atoms. The SMILES string of the molecule is CCCCOc1nc(N)c2ncc(Cc3cnc(N4CCN(CC)CC4)c(C)c3)n2n1. The number of imidazole rings is 1. The maximum absolute atomic E-state index is 6.08. The van der Waals surface area contributed by atoms with E-state index in [0.29, 0.717) is 24.5 Å². The van der Waals surface area contributed by atoms with Crippen LogP contribution in [0.1, 0.15) is 43.5 Å². The molecule has 0 spiro atoms. The second-order valence-corrected chi connectivity index (χ2v) is 8.05. The molecule has 0 atom stereocenters. The summed E-state index contributed by atoms with van der Waals surface area (Å²) in [5, 5.41) is 4.50. The molecule has 31 heavy (non-hydrogen) atoms. The molecular formula is C22H32N8O. The van der Waals surface area contributed by atoms with Crippen LogP contribution in [0.15, 0.2) is 18.5 Å². The molecule has 1 saturated heterocycles. The second kappa shape index (κ2) is 9.47. The van der Waals surface area contributed by atoms with Gasteiger partial charge in [-0.05, 0) is 31.0 Å². The van der Waals surface area contributed by atoms with Crippen LogP contribution in [0.2, 0.25) is 0 Å². The molecule has 0 aromatic carbocycles. The summed E-state index contributed by atoms with van der Waals surface area (Å²) in [6.07, 6.45) is 6.40. The summed E-state index contributed by atoms with van der Waals surface area (Å²) in [4.78, 5) is 18.3. The van der Waals surface area contributed by atoms with Crippen molar-refractivity contribution in [1.82, 2.24) is 29.5 Å². The third-order valence-electron chi connectivity index (χ3n) is 5.78. The number of pyridine rings is 1.